The van der Waals surface area contributed by atoms with Gasteiger partial charge in [-0.25, -0.2) is 4.39 Å². The number of carboxylic acids is 1. The molecule has 0 unspecified atom stereocenters. The van der Waals surface area contributed by atoms with Gasteiger partial charge in [-0.15, -0.1) is 0 Å². The van der Waals surface area contributed by atoms with Gasteiger partial charge in [-0.05, 0) is 32.8 Å². The average molecular weight is 279 g/mol. The van der Waals surface area contributed by atoms with Crippen molar-refractivity contribution in [1.29, 1.82) is 0 Å². The molecule has 0 aromatic heterocycles. The Hall–Kier alpha value is -1.91. The second kappa shape index (κ2) is 5.23. The Morgan fingerprint density at radius 3 is 2.45 bits per heavy atom. The molecule has 1 aromatic carbocycles. The Labute approximate surface area is 117 Å². The van der Waals surface area contributed by atoms with Crippen molar-refractivity contribution >= 4 is 11.9 Å². The lowest BCUT2D eigenvalue weighted by Gasteiger charge is -2.35. The van der Waals surface area contributed by atoms with Gasteiger partial charge in [-0.1, -0.05) is 18.2 Å². The first-order valence-electron chi connectivity index (χ1n) is 6.61. The molecule has 1 aliphatic rings. The molecule has 2 rings (SSSR count). The maximum Gasteiger partial charge on any atom is 0.306 e. The van der Waals surface area contributed by atoms with E-state index >= 15 is 0 Å². The van der Waals surface area contributed by atoms with Crippen LogP contribution in [0.15, 0.2) is 24.3 Å². The molecule has 1 amide bonds. The molecule has 1 fully saturated rings. The topological polar surface area (TPSA) is 66.4 Å². The lowest BCUT2D eigenvalue weighted by atomic mass is 9.78. The van der Waals surface area contributed by atoms with Crippen LogP contribution in [0.3, 0.4) is 0 Å². The molecule has 2 N–H and O–H groups in total. The highest BCUT2D eigenvalue weighted by molar-refractivity contribution is 5.88. The third-order valence-corrected chi connectivity index (χ3v) is 3.94. The van der Waals surface area contributed by atoms with E-state index in [4.69, 9.17) is 5.11 Å². The summed E-state index contributed by atoms with van der Waals surface area (Å²) in [5.41, 5.74) is -0.647. The van der Waals surface area contributed by atoms with E-state index in [0.29, 0.717) is 18.4 Å². The van der Waals surface area contributed by atoms with Gasteiger partial charge in [0.25, 0.3) is 0 Å². The first-order valence-corrected chi connectivity index (χ1v) is 6.61. The number of hydrogen-bond donors (Lipinski definition) is 2. The summed E-state index contributed by atoms with van der Waals surface area (Å²) in [7, 11) is 0. The summed E-state index contributed by atoms with van der Waals surface area (Å²) in [5, 5.41) is 11.6. The summed E-state index contributed by atoms with van der Waals surface area (Å²) in [4.78, 5) is 23.0. The van der Waals surface area contributed by atoms with Crippen molar-refractivity contribution in [2.45, 2.75) is 38.1 Å². The van der Waals surface area contributed by atoms with E-state index in [1.165, 1.54) is 6.07 Å². The first kappa shape index (κ1) is 14.5. The highest BCUT2D eigenvalue weighted by Crippen LogP contribution is 2.30. The van der Waals surface area contributed by atoms with Gasteiger partial charge in [-0.3, -0.25) is 9.59 Å². The van der Waals surface area contributed by atoms with Crippen molar-refractivity contribution in [3.63, 3.8) is 0 Å². The van der Waals surface area contributed by atoms with E-state index in [-0.39, 0.29) is 17.9 Å². The molecule has 0 spiro atoms. The van der Waals surface area contributed by atoms with Crippen LogP contribution in [-0.4, -0.2) is 23.0 Å². The number of aliphatic carboxylic acids is 1. The van der Waals surface area contributed by atoms with Gasteiger partial charge in [0.2, 0.25) is 5.91 Å². The number of carboxylic acid groups (broad SMARTS) is 1. The van der Waals surface area contributed by atoms with Crippen molar-refractivity contribution in [1.82, 2.24) is 5.32 Å². The fourth-order valence-electron chi connectivity index (χ4n) is 2.39. The molecule has 0 radical (unpaired) electrons. The highest BCUT2D eigenvalue weighted by Gasteiger charge is 2.39. The number of carbonyl (C=O) groups is 2. The molecule has 4 nitrogen and oxygen atoms in total. The van der Waals surface area contributed by atoms with Crippen LogP contribution in [0.1, 0.15) is 32.3 Å². The summed E-state index contributed by atoms with van der Waals surface area (Å²) in [6.45, 7) is 3.32. The van der Waals surface area contributed by atoms with Crippen LogP contribution in [-0.2, 0) is 15.0 Å². The minimum absolute atomic E-state index is 0.130. The van der Waals surface area contributed by atoms with Crippen molar-refractivity contribution < 1.29 is 19.1 Å². The maximum absolute atomic E-state index is 13.8. The molecule has 5 heteroatoms. The number of rotatable bonds is 4. The van der Waals surface area contributed by atoms with E-state index in [0.717, 1.165) is 0 Å². The SMILES string of the molecule is CC(C)(C(=O)NC1CC(C(=O)O)C1)c1ccccc1F. The second-order valence-electron chi connectivity index (χ2n) is 5.78. The second-order valence-corrected chi connectivity index (χ2v) is 5.78. The van der Waals surface area contributed by atoms with Crippen molar-refractivity contribution in [3.05, 3.63) is 35.6 Å². The Kier molecular flexibility index (Phi) is 3.79. The summed E-state index contributed by atoms with van der Waals surface area (Å²) in [6.07, 6.45) is 0.878. The smallest absolute Gasteiger partial charge is 0.306 e. The molecule has 0 bridgehead atoms. The van der Waals surface area contributed by atoms with Crippen LogP contribution >= 0.6 is 0 Å². The van der Waals surface area contributed by atoms with Gasteiger partial charge in [0.1, 0.15) is 5.82 Å². The molecular formula is C15H18FNO3. The molecule has 108 valence electrons. The van der Waals surface area contributed by atoms with E-state index in [9.17, 15) is 14.0 Å². The van der Waals surface area contributed by atoms with Crippen LogP contribution in [0.4, 0.5) is 4.39 Å². The zero-order valence-corrected chi connectivity index (χ0v) is 11.5. The van der Waals surface area contributed by atoms with Crippen molar-refractivity contribution in [3.8, 4) is 0 Å². The lowest BCUT2D eigenvalue weighted by molar-refractivity contribution is -0.146. The Bertz CT molecular complexity index is 536. The van der Waals surface area contributed by atoms with Gasteiger partial charge in [-0.2, -0.15) is 0 Å². The van der Waals surface area contributed by atoms with Gasteiger partial charge in [0, 0.05) is 11.6 Å². The molecule has 0 aliphatic heterocycles. The van der Waals surface area contributed by atoms with E-state index < -0.39 is 17.2 Å². The summed E-state index contributed by atoms with van der Waals surface area (Å²) >= 11 is 0. The first-order chi connectivity index (χ1) is 9.32. The quantitative estimate of drug-likeness (QED) is 0.886. The molecule has 0 saturated heterocycles. The van der Waals surface area contributed by atoms with Crippen LogP contribution in [0.2, 0.25) is 0 Å². The third kappa shape index (κ3) is 2.66. The normalized spacial score (nSPS) is 21.9. The third-order valence-electron chi connectivity index (χ3n) is 3.94. The van der Waals surface area contributed by atoms with Crippen LogP contribution in [0.25, 0.3) is 0 Å². The van der Waals surface area contributed by atoms with Gasteiger partial charge < -0.3 is 10.4 Å². The summed E-state index contributed by atoms with van der Waals surface area (Å²) < 4.78 is 13.8. The van der Waals surface area contributed by atoms with E-state index in [2.05, 4.69) is 5.32 Å². The van der Waals surface area contributed by atoms with Gasteiger partial charge in [0.15, 0.2) is 0 Å². The van der Waals surface area contributed by atoms with Crippen molar-refractivity contribution in [2.75, 3.05) is 0 Å². The molecular weight excluding hydrogens is 261 g/mol. The monoisotopic (exact) mass is 279 g/mol. The Morgan fingerprint density at radius 1 is 1.30 bits per heavy atom. The highest BCUT2D eigenvalue weighted by atomic mass is 19.1. The maximum atomic E-state index is 13.8. The number of carbonyl (C=O) groups excluding carboxylic acids is 1. The minimum atomic E-state index is -0.986. The van der Waals surface area contributed by atoms with Gasteiger partial charge in [0.05, 0.1) is 11.3 Å². The van der Waals surface area contributed by atoms with Crippen LogP contribution < -0.4 is 5.32 Å². The predicted octanol–water partition coefficient (Wildman–Crippen LogP) is 2.08. The lowest BCUT2D eigenvalue weighted by Crippen LogP contribution is -2.51. The Morgan fingerprint density at radius 2 is 1.90 bits per heavy atom. The largest absolute Gasteiger partial charge is 0.481 e. The van der Waals surface area contributed by atoms with Gasteiger partial charge >= 0.3 is 5.97 Å². The zero-order valence-electron chi connectivity index (χ0n) is 11.5. The predicted molar refractivity (Wildman–Crippen MR) is 71.7 cm³/mol. The molecule has 1 saturated carbocycles. The number of nitrogens with one attached hydrogen (secondary N) is 1. The molecule has 0 heterocycles. The van der Waals surface area contributed by atoms with Crippen LogP contribution in [0, 0.1) is 11.7 Å². The van der Waals surface area contributed by atoms with Crippen molar-refractivity contribution in [2.24, 2.45) is 5.92 Å². The molecule has 0 atom stereocenters. The zero-order chi connectivity index (χ0) is 14.9. The standard InChI is InChI=1S/C15H18FNO3/c1-15(2,11-5-3-4-6-12(11)16)14(20)17-10-7-9(8-10)13(18)19/h3-6,9-10H,7-8H2,1-2H3,(H,17,20)(H,18,19). The fourth-order valence-corrected chi connectivity index (χ4v) is 2.39. The van der Waals surface area contributed by atoms with Crippen LogP contribution in [0.5, 0.6) is 0 Å². The molecule has 20 heavy (non-hydrogen) atoms. The van der Waals surface area contributed by atoms with E-state index in [1.807, 2.05) is 0 Å². The summed E-state index contributed by atoms with van der Waals surface area (Å²) in [5.74, 6) is -1.90. The number of amides is 1. The fraction of sp³-hybridized carbons (Fsp3) is 0.467. The van der Waals surface area contributed by atoms with E-state index in [1.54, 1.807) is 32.0 Å². The number of hydrogen-bond acceptors (Lipinski definition) is 2. The molecule has 1 aliphatic carbocycles. The Balaban J connectivity index is 2.02. The summed E-state index contributed by atoms with van der Waals surface area (Å²) in [6, 6.07) is 6.06. The number of halogens is 1. The average Bonchev–Trinajstić information content (AvgIpc) is 2.32. The number of benzene rings is 1. The minimum Gasteiger partial charge on any atom is -0.481 e. The molecule has 1 aromatic rings.